The second-order valence-corrected chi connectivity index (χ2v) is 9.99. The maximum atomic E-state index is 13.3. The summed E-state index contributed by atoms with van der Waals surface area (Å²) < 4.78 is 5.43. The van der Waals surface area contributed by atoms with Crippen LogP contribution in [0.5, 0.6) is 0 Å². The summed E-state index contributed by atoms with van der Waals surface area (Å²) >= 11 is 0. The van der Waals surface area contributed by atoms with Crippen molar-refractivity contribution in [1.29, 1.82) is 0 Å². The Hall–Kier alpha value is -1.12. The minimum atomic E-state index is -0.255. The fourth-order valence-electron chi connectivity index (χ4n) is 7.81. The van der Waals surface area contributed by atoms with Gasteiger partial charge in [0.2, 0.25) is 0 Å². The first-order valence-corrected chi connectivity index (χ1v) is 10.6. The third-order valence-corrected chi connectivity index (χ3v) is 9.16. The molecule has 0 saturated heterocycles. The van der Waals surface area contributed by atoms with Crippen LogP contribution in [0.1, 0.15) is 72.1 Å². The highest BCUT2D eigenvalue weighted by Gasteiger charge is 2.62. The molecular weight excluding hydrogens is 324 g/mol. The Balaban J connectivity index is 1.59. The van der Waals surface area contributed by atoms with Crippen molar-refractivity contribution in [2.75, 3.05) is 0 Å². The number of carbonyl (C=O) groups excluding carboxylic acids is 2. The minimum absolute atomic E-state index is 0.194. The van der Waals surface area contributed by atoms with Crippen LogP contribution < -0.4 is 0 Å². The Kier molecular flexibility index (Phi) is 4.36. The molecule has 3 heteroatoms. The zero-order valence-corrected chi connectivity index (χ0v) is 16.6. The number of carbonyl (C=O) groups is 2. The predicted molar refractivity (Wildman–Crippen MR) is 101 cm³/mol. The lowest BCUT2D eigenvalue weighted by Gasteiger charge is -2.60. The SMILES string of the molecule is C=C[C@H]1CC[C@H]2[C@@H]3CCC4CC(OC(C)=O)CC(=O)[C@]4(C)[C@H]3CC[C@]12C. The highest BCUT2D eigenvalue weighted by Crippen LogP contribution is 2.67. The highest BCUT2D eigenvalue weighted by atomic mass is 16.5. The number of hydrogen-bond acceptors (Lipinski definition) is 3. The average Bonchev–Trinajstić information content (AvgIpc) is 2.92. The van der Waals surface area contributed by atoms with Gasteiger partial charge in [0.25, 0.3) is 0 Å². The number of ether oxygens (including phenoxy) is 1. The van der Waals surface area contributed by atoms with Crippen molar-refractivity contribution in [3.63, 3.8) is 0 Å². The molecule has 144 valence electrons. The second-order valence-electron chi connectivity index (χ2n) is 9.99. The number of hydrogen-bond donors (Lipinski definition) is 0. The quantitative estimate of drug-likeness (QED) is 0.518. The summed E-state index contributed by atoms with van der Waals surface area (Å²) in [6.45, 7) is 10.3. The van der Waals surface area contributed by atoms with Crippen molar-refractivity contribution >= 4 is 11.8 Å². The summed E-state index contributed by atoms with van der Waals surface area (Å²) in [6, 6.07) is 0. The molecule has 2 unspecified atom stereocenters. The Bertz CT molecular complexity index is 625. The number of fused-ring (bicyclic) bond motifs is 5. The van der Waals surface area contributed by atoms with Crippen molar-refractivity contribution < 1.29 is 14.3 Å². The van der Waals surface area contributed by atoms with Gasteiger partial charge in [-0.05, 0) is 80.0 Å². The number of esters is 1. The van der Waals surface area contributed by atoms with Gasteiger partial charge in [-0.25, -0.2) is 0 Å². The average molecular weight is 359 g/mol. The van der Waals surface area contributed by atoms with E-state index in [1.54, 1.807) is 0 Å². The maximum absolute atomic E-state index is 13.3. The molecule has 0 aliphatic heterocycles. The summed E-state index contributed by atoms with van der Waals surface area (Å²) in [7, 11) is 0. The van der Waals surface area contributed by atoms with Crippen LogP contribution in [0.3, 0.4) is 0 Å². The number of rotatable bonds is 2. The van der Waals surface area contributed by atoms with E-state index in [1.165, 1.54) is 39.0 Å². The van der Waals surface area contributed by atoms with Gasteiger partial charge in [-0.3, -0.25) is 9.59 Å². The number of allylic oxidation sites excluding steroid dienone is 1. The Morgan fingerprint density at radius 1 is 1.15 bits per heavy atom. The molecule has 4 aliphatic rings. The second kappa shape index (κ2) is 6.21. The third kappa shape index (κ3) is 2.45. The molecule has 0 spiro atoms. The molecule has 0 amide bonds. The van der Waals surface area contributed by atoms with Crippen molar-refractivity contribution in [2.24, 2.45) is 40.4 Å². The van der Waals surface area contributed by atoms with Gasteiger partial charge in [-0.1, -0.05) is 19.9 Å². The monoisotopic (exact) mass is 358 g/mol. The fraction of sp³-hybridized carbons (Fsp3) is 0.826. The lowest BCUT2D eigenvalue weighted by Crippen LogP contribution is -2.57. The summed E-state index contributed by atoms with van der Waals surface area (Å²) in [5, 5.41) is 0. The molecule has 3 nitrogen and oxygen atoms in total. The Labute approximate surface area is 157 Å². The van der Waals surface area contributed by atoms with Crippen LogP contribution in [0.25, 0.3) is 0 Å². The van der Waals surface area contributed by atoms with Crippen LogP contribution in [-0.2, 0) is 14.3 Å². The van der Waals surface area contributed by atoms with Crippen molar-refractivity contribution in [1.82, 2.24) is 0 Å². The van der Waals surface area contributed by atoms with E-state index in [9.17, 15) is 9.59 Å². The molecule has 4 fully saturated rings. The summed E-state index contributed by atoms with van der Waals surface area (Å²) in [6.07, 6.45) is 10.7. The molecule has 4 aliphatic carbocycles. The first-order valence-electron chi connectivity index (χ1n) is 10.6. The van der Waals surface area contributed by atoms with E-state index in [0.717, 1.165) is 18.8 Å². The van der Waals surface area contributed by atoms with Gasteiger partial charge in [0, 0.05) is 18.8 Å². The maximum Gasteiger partial charge on any atom is 0.302 e. The molecule has 0 aromatic carbocycles. The summed E-state index contributed by atoms with van der Waals surface area (Å²) in [5.74, 6) is 3.10. The van der Waals surface area contributed by atoms with Crippen LogP contribution >= 0.6 is 0 Å². The number of ketones is 1. The van der Waals surface area contributed by atoms with Crippen molar-refractivity contribution in [3.05, 3.63) is 12.7 Å². The van der Waals surface area contributed by atoms with E-state index < -0.39 is 0 Å². The summed E-state index contributed by atoms with van der Waals surface area (Å²) in [4.78, 5) is 24.6. The molecule has 8 atom stereocenters. The summed E-state index contributed by atoms with van der Waals surface area (Å²) in [5.41, 5.74) is 0.192. The molecule has 0 N–H and O–H groups in total. The van der Waals surface area contributed by atoms with Gasteiger partial charge >= 0.3 is 5.97 Å². The van der Waals surface area contributed by atoms with E-state index in [1.807, 2.05) is 0 Å². The normalized spacial score (nSPS) is 50.3. The van der Waals surface area contributed by atoms with Crippen LogP contribution in [0.2, 0.25) is 0 Å². The Morgan fingerprint density at radius 3 is 2.62 bits per heavy atom. The standard InChI is InChI=1S/C23H34O3/c1-5-15-7-9-19-18-8-6-16-12-17(26-14(2)24)13-21(25)23(16,4)20(18)10-11-22(15,19)3/h5,15-20H,1,6-13H2,2-4H3/t15-,16?,17?,18-,19-,20-,22+,23-/m0/s1. The topological polar surface area (TPSA) is 43.4 Å². The van der Waals surface area contributed by atoms with Gasteiger partial charge in [-0.2, -0.15) is 0 Å². The molecule has 0 aromatic rings. The van der Waals surface area contributed by atoms with Crippen molar-refractivity contribution in [2.45, 2.75) is 78.2 Å². The third-order valence-electron chi connectivity index (χ3n) is 9.16. The molecule has 4 saturated carbocycles. The smallest absolute Gasteiger partial charge is 0.302 e. The van der Waals surface area contributed by atoms with Crippen LogP contribution in [0, 0.1) is 40.4 Å². The molecule has 0 aromatic heterocycles. The van der Waals surface area contributed by atoms with E-state index in [4.69, 9.17) is 4.74 Å². The van der Waals surface area contributed by atoms with Gasteiger partial charge < -0.3 is 4.74 Å². The first-order chi connectivity index (χ1) is 12.3. The van der Waals surface area contributed by atoms with Crippen molar-refractivity contribution in [3.8, 4) is 0 Å². The van der Waals surface area contributed by atoms with Crippen LogP contribution in [0.15, 0.2) is 12.7 Å². The van der Waals surface area contributed by atoms with E-state index in [0.29, 0.717) is 41.3 Å². The molecule has 0 bridgehead atoms. The molecular formula is C23H34O3. The number of Topliss-reactive ketones (excluding diaryl/α,β-unsaturated/α-hetero) is 1. The fourth-order valence-corrected chi connectivity index (χ4v) is 7.81. The largest absolute Gasteiger partial charge is 0.462 e. The van der Waals surface area contributed by atoms with Crippen LogP contribution in [0.4, 0.5) is 0 Å². The van der Waals surface area contributed by atoms with Gasteiger partial charge in [0.1, 0.15) is 11.9 Å². The van der Waals surface area contributed by atoms with E-state index in [-0.39, 0.29) is 17.5 Å². The van der Waals surface area contributed by atoms with Gasteiger partial charge in [0.15, 0.2) is 0 Å². The first kappa shape index (κ1) is 18.3. The van der Waals surface area contributed by atoms with E-state index in [2.05, 4.69) is 26.5 Å². The Morgan fingerprint density at radius 2 is 1.92 bits per heavy atom. The minimum Gasteiger partial charge on any atom is -0.462 e. The van der Waals surface area contributed by atoms with Gasteiger partial charge in [-0.15, -0.1) is 6.58 Å². The molecule has 26 heavy (non-hydrogen) atoms. The molecule has 0 radical (unpaired) electrons. The predicted octanol–water partition coefficient (Wildman–Crippen LogP) is 4.94. The highest BCUT2D eigenvalue weighted by molar-refractivity contribution is 5.87. The molecule has 4 rings (SSSR count). The zero-order chi connectivity index (χ0) is 18.7. The molecule has 0 heterocycles. The lowest BCUT2D eigenvalue weighted by atomic mass is 9.44. The van der Waals surface area contributed by atoms with Gasteiger partial charge in [0.05, 0.1) is 0 Å². The zero-order valence-electron chi connectivity index (χ0n) is 16.6. The van der Waals surface area contributed by atoms with Crippen LogP contribution in [-0.4, -0.2) is 17.9 Å². The van der Waals surface area contributed by atoms with E-state index >= 15 is 0 Å². The lowest BCUT2D eigenvalue weighted by molar-refractivity contribution is -0.169.